The summed E-state index contributed by atoms with van der Waals surface area (Å²) >= 11 is 1.54. The van der Waals surface area contributed by atoms with Crippen LogP contribution in [0.1, 0.15) is 30.7 Å². The summed E-state index contributed by atoms with van der Waals surface area (Å²) in [5.74, 6) is -1.03. The van der Waals surface area contributed by atoms with Crippen LogP contribution >= 0.6 is 11.3 Å². The smallest absolute Gasteiger partial charge is 0.303 e. The lowest BCUT2D eigenvalue weighted by Crippen LogP contribution is -2.27. The van der Waals surface area contributed by atoms with E-state index >= 15 is 0 Å². The Hall–Kier alpha value is -1.43. The van der Waals surface area contributed by atoms with Gasteiger partial charge in [-0.05, 0) is 0 Å². The van der Waals surface area contributed by atoms with E-state index in [1.54, 1.807) is 17.5 Å². The number of aliphatic carboxylic acids is 1. The van der Waals surface area contributed by atoms with Gasteiger partial charge >= 0.3 is 5.97 Å². The Labute approximate surface area is 97.5 Å². The van der Waals surface area contributed by atoms with Crippen molar-refractivity contribution in [1.82, 2.24) is 10.3 Å². The number of carboxylic acids is 1. The van der Waals surface area contributed by atoms with Gasteiger partial charge in [0.15, 0.2) is 0 Å². The standard InChI is InChI=1S/C10H14N2O3S/c1-7(10-11-4-5-16-10)6-12-8(13)2-3-9(14)15/h4-5,7H,2-3,6H2,1H3,(H,12,13)(H,14,15). The van der Waals surface area contributed by atoms with Crippen molar-refractivity contribution in [3.8, 4) is 0 Å². The first-order chi connectivity index (χ1) is 7.59. The number of hydrogen-bond donors (Lipinski definition) is 2. The zero-order valence-electron chi connectivity index (χ0n) is 8.97. The van der Waals surface area contributed by atoms with Crippen molar-refractivity contribution in [1.29, 1.82) is 0 Å². The van der Waals surface area contributed by atoms with Crippen LogP contribution in [0.3, 0.4) is 0 Å². The van der Waals surface area contributed by atoms with Gasteiger partial charge in [-0.1, -0.05) is 6.92 Å². The van der Waals surface area contributed by atoms with E-state index in [9.17, 15) is 9.59 Å². The molecule has 1 heterocycles. The average Bonchev–Trinajstić information content (AvgIpc) is 2.76. The maximum absolute atomic E-state index is 11.2. The summed E-state index contributed by atoms with van der Waals surface area (Å²) in [6.45, 7) is 2.46. The van der Waals surface area contributed by atoms with Crippen LogP contribution in [0.4, 0.5) is 0 Å². The van der Waals surface area contributed by atoms with Crippen molar-refractivity contribution < 1.29 is 14.7 Å². The Balaban J connectivity index is 2.24. The Morgan fingerprint density at radius 1 is 1.56 bits per heavy atom. The number of nitrogens with one attached hydrogen (secondary N) is 1. The molecule has 0 radical (unpaired) electrons. The summed E-state index contributed by atoms with van der Waals surface area (Å²) in [4.78, 5) is 25.6. The molecule has 1 atom stereocenters. The first-order valence-corrected chi connectivity index (χ1v) is 5.85. The minimum atomic E-state index is -0.955. The number of amides is 1. The van der Waals surface area contributed by atoms with Gasteiger partial charge in [0.2, 0.25) is 5.91 Å². The van der Waals surface area contributed by atoms with Crippen molar-refractivity contribution in [2.75, 3.05) is 6.54 Å². The van der Waals surface area contributed by atoms with Gasteiger partial charge in [-0.3, -0.25) is 9.59 Å². The predicted octanol–water partition coefficient (Wildman–Crippen LogP) is 1.23. The normalized spacial score (nSPS) is 12.1. The number of thiazole rings is 1. The molecule has 0 fully saturated rings. The molecule has 1 unspecified atom stereocenters. The van der Waals surface area contributed by atoms with Crippen molar-refractivity contribution in [2.24, 2.45) is 0 Å². The molecule has 1 rings (SSSR count). The second kappa shape index (κ2) is 6.22. The monoisotopic (exact) mass is 242 g/mol. The fourth-order valence-corrected chi connectivity index (χ4v) is 1.84. The van der Waals surface area contributed by atoms with Crippen molar-refractivity contribution >= 4 is 23.2 Å². The molecule has 5 nitrogen and oxygen atoms in total. The third-order valence-electron chi connectivity index (χ3n) is 2.04. The largest absolute Gasteiger partial charge is 0.481 e. The number of rotatable bonds is 6. The van der Waals surface area contributed by atoms with Crippen molar-refractivity contribution in [3.63, 3.8) is 0 Å². The SMILES string of the molecule is CC(CNC(=O)CCC(=O)O)c1nccs1. The Bertz CT molecular complexity index is 351. The van der Waals surface area contributed by atoms with Gasteiger partial charge in [-0.2, -0.15) is 0 Å². The molecule has 16 heavy (non-hydrogen) atoms. The fraction of sp³-hybridized carbons (Fsp3) is 0.500. The number of hydrogen-bond acceptors (Lipinski definition) is 4. The van der Waals surface area contributed by atoms with E-state index in [1.807, 2.05) is 12.3 Å². The molecule has 0 aliphatic heterocycles. The van der Waals surface area contributed by atoms with E-state index in [2.05, 4.69) is 10.3 Å². The molecule has 1 amide bonds. The molecule has 2 N–H and O–H groups in total. The molecule has 0 aliphatic rings. The first kappa shape index (κ1) is 12.6. The molecule has 6 heteroatoms. The van der Waals surface area contributed by atoms with E-state index in [1.165, 1.54) is 0 Å². The Kier molecular flexibility index (Phi) is 4.91. The van der Waals surface area contributed by atoms with Crippen LogP contribution in [0.15, 0.2) is 11.6 Å². The van der Waals surface area contributed by atoms with Crippen molar-refractivity contribution in [2.45, 2.75) is 25.7 Å². The van der Waals surface area contributed by atoms with Gasteiger partial charge in [0.25, 0.3) is 0 Å². The van der Waals surface area contributed by atoms with Gasteiger partial charge in [0, 0.05) is 30.5 Å². The number of aromatic nitrogens is 1. The minimum Gasteiger partial charge on any atom is -0.481 e. The second-order valence-corrected chi connectivity index (χ2v) is 4.40. The molecule has 0 bridgehead atoms. The zero-order valence-corrected chi connectivity index (χ0v) is 9.79. The van der Waals surface area contributed by atoms with E-state index in [0.717, 1.165) is 5.01 Å². The number of nitrogens with zero attached hydrogens (tertiary/aromatic N) is 1. The highest BCUT2D eigenvalue weighted by Gasteiger charge is 2.10. The highest BCUT2D eigenvalue weighted by atomic mass is 32.1. The molecule has 0 spiro atoms. The first-order valence-electron chi connectivity index (χ1n) is 4.97. The van der Waals surface area contributed by atoms with Crippen molar-refractivity contribution in [3.05, 3.63) is 16.6 Å². The Morgan fingerprint density at radius 2 is 2.31 bits per heavy atom. The molecule has 0 aromatic carbocycles. The van der Waals surface area contributed by atoms with E-state index < -0.39 is 5.97 Å². The zero-order chi connectivity index (χ0) is 12.0. The summed E-state index contributed by atoms with van der Waals surface area (Å²) < 4.78 is 0. The summed E-state index contributed by atoms with van der Waals surface area (Å²) in [5.41, 5.74) is 0. The van der Waals surface area contributed by atoms with E-state index in [4.69, 9.17) is 5.11 Å². The van der Waals surface area contributed by atoms with Crippen LogP contribution in [-0.2, 0) is 9.59 Å². The lowest BCUT2D eigenvalue weighted by Gasteiger charge is -2.09. The fourth-order valence-electron chi connectivity index (χ4n) is 1.14. The quantitative estimate of drug-likeness (QED) is 0.786. The minimum absolute atomic E-state index is 0.0277. The van der Waals surface area contributed by atoms with Gasteiger partial charge in [-0.25, -0.2) is 4.98 Å². The van der Waals surface area contributed by atoms with E-state index in [-0.39, 0.29) is 24.7 Å². The van der Waals surface area contributed by atoms with Crippen LogP contribution in [0, 0.1) is 0 Å². The van der Waals surface area contributed by atoms with E-state index in [0.29, 0.717) is 6.54 Å². The van der Waals surface area contributed by atoms with Gasteiger partial charge in [0.05, 0.1) is 11.4 Å². The molecule has 0 saturated heterocycles. The number of carboxylic acid groups (broad SMARTS) is 1. The highest BCUT2D eigenvalue weighted by molar-refractivity contribution is 7.09. The number of carbonyl (C=O) groups is 2. The van der Waals surface area contributed by atoms with Crippen LogP contribution in [-0.4, -0.2) is 28.5 Å². The topological polar surface area (TPSA) is 79.3 Å². The summed E-state index contributed by atoms with van der Waals surface area (Å²) in [7, 11) is 0. The molecule has 0 saturated carbocycles. The number of carbonyl (C=O) groups excluding carboxylic acids is 1. The Morgan fingerprint density at radius 3 is 2.88 bits per heavy atom. The van der Waals surface area contributed by atoms with Crippen LogP contribution < -0.4 is 5.32 Å². The van der Waals surface area contributed by atoms with Crippen LogP contribution in [0.5, 0.6) is 0 Å². The second-order valence-electron chi connectivity index (χ2n) is 3.47. The summed E-state index contributed by atoms with van der Waals surface area (Å²) in [5, 5.41) is 13.9. The molecule has 1 aromatic rings. The lowest BCUT2D eigenvalue weighted by atomic mass is 10.2. The third-order valence-corrected chi connectivity index (χ3v) is 3.05. The van der Waals surface area contributed by atoms with Gasteiger partial charge < -0.3 is 10.4 Å². The van der Waals surface area contributed by atoms with Gasteiger partial charge in [0.1, 0.15) is 0 Å². The molecule has 88 valence electrons. The van der Waals surface area contributed by atoms with Crippen LogP contribution in [0.2, 0.25) is 0 Å². The highest BCUT2D eigenvalue weighted by Crippen LogP contribution is 2.16. The predicted molar refractivity (Wildman–Crippen MR) is 60.4 cm³/mol. The molecular formula is C10H14N2O3S. The summed E-state index contributed by atoms with van der Waals surface area (Å²) in [6, 6.07) is 0. The third kappa shape index (κ3) is 4.39. The maximum atomic E-state index is 11.2. The maximum Gasteiger partial charge on any atom is 0.303 e. The average molecular weight is 242 g/mol. The summed E-state index contributed by atoms with van der Waals surface area (Å²) in [6.07, 6.45) is 1.63. The molecule has 1 aromatic heterocycles. The lowest BCUT2D eigenvalue weighted by molar-refractivity contribution is -0.138. The van der Waals surface area contributed by atoms with Gasteiger partial charge in [-0.15, -0.1) is 11.3 Å². The molecule has 0 aliphatic carbocycles. The molecular weight excluding hydrogens is 228 g/mol. The van der Waals surface area contributed by atoms with Crippen LogP contribution in [0.25, 0.3) is 0 Å².